The number of carboxylic acids is 1. The van der Waals surface area contributed by atoms with Gasteiger partial charge in [-0.15, -0.1) is 0 Å². The van der Waals surface area contributed by atoms with Gasteiger partial charge in [0.25, 0.3) is 0 Å². The number of amides is 3. The van der Waals surface area contributed by atoms with Gasteiger partial charge in [-0.05, 0) is 26.3 Å². The normalized spacial score (nSPS) is 11.3. The molecule has 62 heavy (non-hydrogen) atoms. The highest BCUT2D eigenvalue weighted by Crippen LogP contribution is 2.10. The minimum atomic E-state index is -1.12. The van der Waals surface area contributed by atoms with E-state index < -0.39 is 71.1 Å². The Morgan fingerprint density at radius 1 is 0.516 bits per heavy atom. The summed E-state index contributed by atoms with van der Waals surface area (Å²) < 4.78 is 10.4. The molecule has 3 amide bonds. The summed E-state index contributed by atoms with van der Waals surface area (Å²) in [6.07, 6.45) is 0.878. The number of nitrogens with one attached hydrogen (secondary N) is 3. The lowest BCUT2D eigenvalue weighted by atomic mass is 9.97. The molecule has 344 valence electrons. The quantitative estimate of drug-likeness (QED) is 0.0340. The lowest BCUT2D eigenvalue weighted by Crippen LogP contribution is -2.45. The van der Waals surface area contributed by atoms with Crippen molar-refractivity contribution in [2.45, 2.75) is 85.4 Å². The summed E-state index contributed by atoms with van der Waals surface area (Å²) in [5.74, 6) is -6.38. The van der Waals surface area contributed by atoms with Crippen molar-refractivity contribution in [1.82, 2.24) is 16.0 Å². The van der Waals surface area contributed by atoms with Crippen LogP contribution >= 0.6 is 0 Å². The van der Waals surface area contributed by atoms with Crippen LogP contribution in [-0.2, 0) is 101 Å². The van der Waals surface area contributed by atoms with Crippen molar-refractivity contribution in [2.24, 2.45) is 22.9 Å². The van der Waals surface area contributed by atoms with Crippen molar-refractivity contribution in [2.75, 3.05) is 33.0 Å². The van der Waals surface area contributed by atoms with E-state index >= 15 is 0 Å². The molecule has 6 atom stereocenters. The highest BCUT2D eigenvalue weighted by atomic mass is 16.5. The van der Waals surface area contributed by atoms with Gasteiger partial charge in [-0.25, -0.2) is 0 Å². The summed E-state index contributed by atoms with van der Waals surface area (Å²) in [6, 6.07) is -2.72. The largest absolute Gasteiger partial charge is 0.481 e. The number of ketones is 3. The number of azide groups is 1. The van der Waals surface area contributed by atoms with Gasteiger partial charge in [-0.1, -0.05) is 25.9 Å². The van der Waals surface area contributed by atoms with Gasteiger partial charge >= 0.3 is 42.9 Å². The van der Waals surface area contributed by atoms with Crippen LogP contribution in [0.4, 0.5) is 0 Å². The number of hydrogen-bond donors (Lipinski definition) is 4. The molecule has 0 aliphatic carbocycles. The Morgan fingerprint density at radius 2 is 0.806 bits per heavy atom. The molecule has 0 spiro atoms. The first-order valence-electron chi connectivity index (χ1n) is 16.9. The fraction of sp³-hybridized carbons (Fsp3) is 0.618. The molecule has 0 bridgehead atoms. The van der Waals surface area contributed by atoms with Gasteiger partial charge < -0.3 is 30.5 Å². The van der Waals surface area contributed by atoms with Crippen molar-refractivity contribution in [1.29, 1.82) is 0 Å². The van der Waals surface area contributed by atoms with E-state index in [1.807, 2.05) is 0 Å². The minimum absolute atomic E-state index is 0.0155. The number of rotatable bonds is 24. The van der Waals surface area contributed by atoms with Gasteiger partial charge in [0.2, 0.25) is 17.7 Å². The molecule has 6 unspecified atom stereocenters. The average molecular weight is 891 g/mol. The molecule has 0 rings (SSSR count). The molecule has 0 aromatic carbocycles. The minimum Gasteiger partial charge on any atom is -0.481 e. The van der Waals surface area contributed by atoms with E-state index in [-0.39, 0.29) is 101 Å². The SMILES string of the molecule is CC(CC(=O)C(C)NC(=O)C(C)CC(=O)C(C)NC(=O)C(C)CC(=O)C(C)NC(=O)CCOCCOCCN=[N+]=[N-])C(=O)O.O=C=O.O=C=O.O=C=O.O=C=O.O=C=O.O=C=O. The van der Waals surface area contributed by atoms with E-state index in [2.05, 4.69) is 26.0 Å². The predicted molar refractivity (Wildman–Crippen MR) is 187 cm³/mol. The molecule has 0 radical (unpaired) electrons. The fourth-order valence-corrected chi connectivity index (χ4v) is 3.61. The second-order valence-corrected chi connectivity index (χ2v) is 11.2. The van der Waals surface area contributed by atoms with E-state index in [9.17, 15) is 33.6 Å². The number of carbonyl (C=O) groups excluding carboxylic acids is 18. The number of nitrogens with zero attached hydrogens (tertiary/aromatic N) is 3. The number of aliphatic carboxylic acids is 1. The Bertz CT molecular complexity index is 1520. The molecule has 0 fully saturated rings. The molecule has 0 saturated carbocycles. The molecule has 0 aliphatic rings. The number of ether oxygens (including phenoxy) is 2. The number of carboxylic acid groups (broad SMARTS) is 1. The Morgan fingerprint density at radius 3 is 1.11 bits per heavy atom. The predicted octanol–water partition coefficient (Wildman–Crippen LogP) is -2.40. The molecular weight excluding hydrogens is 844 g/mol. The van der Waals surface area contributed by atoms with Gasteiger partial charge in [0.1, 0.15) is 0 Å². The van der Waals surface area contributed by atoms with Crippen LogP contribution in [0.3, 0.4) is 0 Å². The molecule has 0 aromatic rings. The summed E-state index contributed by atoms with van der Waals surface area (Å²) >= 11 is 0. The van der Waals surface area contributed by atoms with E-state index in [1.165, 1.54) is 41.5 Å². The zero-order valence-electron chi connectivity index (χ0n) is 34.2. The van der Waals surface area contributed by atoms with Crippen LogP contribution in [0.1, 0.15) is 67.2 Å². The Hall–Kier alpha value is -7.60. The van der Waals surface area contributed by atoms with Crippen molar-refractivity contribution in [3.05, 3.63) is 10.4 Å². The third-order valence-corrected chi connectivity index (χ3v) is 6.63. The van der Waals surface area contributed by atoms with E-state index in [4.69, 9.17) is 77.6 Å². The van der Waals surface area contributed by atoms with Crippen LogP contribution in [-0.4, -0.2) is 134 Å². The van der Waals surface area contributed by atoms with E-state index in [1.54, 1.807) is 0 Å². The molecule has 0 saturated heterocycles. The summed E-state index contributed by atoms with van der Waals surface area (Å²) in [4.78, 5) is 186. The molecule has 4 N–H and O–H groups in total. The summed E-state index contributed by atoms with van der Waals surface area (Å²) in [5.41, 5.74) is 8.16. The van der Waals surface area contributed by atoms with Gasteiger partial charge in [-0.3, -0.25) is 33.6 Å². The molecule has 28 heteroatoms. The van der Waals surface area contributed by atoms with Crippen LogP contribution in [0.25, 0.3) is 10.4 Å². The Kier molecular flexibility index (Phi) is 57.3. The number of hydrogen-bond acceptors (Lipinski definition) is 22. The first kappa shape index (κ1) is 69.0. The summed E-state index contributed by atoms with van der Waals surface area (Å²) in [7, 11) is 0. The lowest BCUT2D eigenvalue weighted by molar-refractivity contribution is -0.193. The molecule has 28 nitrogen and oxygen atoms in total. The topological polar surface area (TPSA) is 448 Å². The van der Waals surface area contributed by atoms with Crippen LogP contribution in [0.15, 0.2) is 5.11 Å². The zero-order valence-corrected chi connectivity index (χ0v) is 34.2. The van der Waals surface area contributed by atoms with Crippen LogP contribution in [0.5, 0.6) is 0 Å². The van der Waals surface area contributed by atoms with Crippen LogP contribution in [0.2, 0.25) is 0 Å². The first-order chi connectivity index (χ1) is 29.1. The lowest BCUT2D eigenvalue weighted by Gasteiger charge is -2.20. The standard InChI is InChI=1S/C28H46N6O10.6CO2/c1-16(13-22(35)19(4)31-25(38)7-9-43-11-12-44-10-8-30-34-29)26(39)32-20(5)23(36)14-17(2)27(40)33-21(6)24(37)15-18(3)28(41)42;6*2-1-3/h16-21H,7-15H2,1-6H3,(H,31,38)(H,32,39)(H,33,40)(H,41,42);;;;;;. The smallest absolute Gasteiger partial charge is 0.373 e. The molecular formula is C34H46N6O22. The second-order valence-electron chi connectivity index (χ2n) is 11.2. The number of Topliss-reactive ketones (excluding diaryl/α,β-unsaturated/α-hetero) is 3. The van der Waals surface area contributed by atoms with E-state index in [0.717, 1.165) is 0 Å². The maximum Gasteiger partial charge on any atom is 0.373 e. The summed E-state index contributed by atoms with van der Waals surface area (Å²) in [5, 5.41) is 19.8. The number of carbonyl (C=O) groups is 7. The highest BCUT2D eigenvalue weighted by Gasteiger charge is 2.28. The third-order valence-electron chi connectivity index (χ3n) is 6.63. The zero-order chi connectivity index (χ0) is 50.1. The molecule has 0 heterocycles. The van der Waals surface area contributed by atoms with Gasteiger partial charge in [0.15, 0.2) is 17.3 Å². The van der Waals surface area contributed by atoms with Gasteiger partial charge in [0.05, 0.1) is 50.5 Å². The van der Waals surface area contributed by atoms with E-state index in [0.29, 0.717) is 0 Å². The molecule has 0 aliphatic heterocycles. The first-order valence-corrected chi connectivity index (χ1v) is 16.9. The van der Waals surface area contributed by atoms with Crippen molar-refractivity contribution in [3.8, 4) is 0 Å². The Labute approximate surface area is 351 Å². The van der Waals surface area contributed by atoms with Gasteiger partial charge in [0, 0.05) is 49.0 Å². The van der Waals surface area contributed by atoms with Crippen molar-refractivity contribution < 1.29 is 106 Å². The van der Waals surface area contributed by atoms with Crippen molar-refractivity contribution in [3.63, 3.8) is 0 Å². The monoisotopic (exact) mass is 890 g/mol. The van der Waals surface area contributed by atoms with Crippen LogP contribution in [0, 0.1) is 17.8 Å². The second kappa shape index (κ2) is 51.4. The molecule has 0 aromatic heterocycles. The Balaban J connectivity index is -0.000000285. The fourth-order valence-electron chi connectivity index (χ4n) is 3.61. The highest BCUT2D eigenvalue weighted by molar-refractivity contribution is 5.96. The third kappa shape index (κ3) is 52.4. The van der Waals surface area contributed by atoms with Crippen LogP contribution < -0.4 is 16.0 Å². The van der Waals surface area contributed by atoms with Crippen molar-refractivity contribution >= 4 is 77.9 Å². The maximum atomic E-state index is 12.6. The maximum absolute atomic E-state index is 12.6. The van der Waals surface area contributed by atoms with Gasteiger partial charge in [-0.2, -0.15) is 57.5 Å². The average Bonchev–Trinajstić information content (AvgIpc) is 3.18. The summed E-state index contributed by atoms with van der Waals surface area (Å²) in [6.45, 7) is 9.90.